The van der Waals surface area contributed by atoms with Crippen LogP contribution in [0.5, 0.6) is 0 Å². The molecular weight excluding hydrogens is 198 g/mol. The van der Waals surface area contributed by atoms with Crippen molar-refractivity contribution in [3.05, 3.63) is 0 Å². The third-order valence-electron chi connectivity index (χ3n) is 1.81. The number of amides is 2. The highest BCUT2D eigenvalue weighted by molar-refractivity contribution is 5.81. The first-order valence-corrected chi connectivity index (χ1v) is 4.43. The quantitative estimate of drug-likeness (QED) is 0.399. The van der Waals surface area contributed by atoms with E-state index in [1.54, 1.807) is 11.1 Å². The van der Waals surface area contributed by atoms with Gasteiger partial charge in [-0.25, -0.2) is 4.79 Å². The van der Waals surface area contributed by atoms with Gasteiger partial charge in [-0.2, -0.15) is 5.26 Å². The first-order chi connectivity index (χ1) is 7.24. The Kier molecular flexibility index (Phi) is 4.18. The summed E-state index contributed by atoms with van der Waals surface area (Å²) in [5.41, 5.74) is 4.92. The van der Waals surface area contributed by atoms with Gasteiger partial charge in [0.25, 0.3) is 0 Å². The Bertz CT molecular complexity index is 294. The molecule has 0 saturated carbocycles. The number of hydrogen-bond donors (Lipinski definition) is 4. The van der Waals surface area contributed by atoms with Crippen molar-refractivity contribution >= 4 is 12.0 Å². The standard InChI is InChI=1S/C7H13N7O/c8-3-12-7-13-4-10-5-14(7)2-1-11-6(9)15/h10H,1-2,4-5H2,(H,12,13)(H3,9,11,15). The number of urea groups is 1. The number of aliphatic imine (C=N–C) groups is 1. The highest BCUT2D eigenvalue weighted by Crippen LogP contribution is 1.91. The van der Waals surface area contributed by atoms with Crippen molar-refractivity contribution in [1.29, 1.82) is 5.26 Å². The molecule has 0 bridgehead atoms. The number of carbonyl (C=O) groups excluding carboxylic acids is 1. The van der Waals surface area contributed by atoms with E-state index in [0.717, 1.165) is 0 Å². The second-order valence-electron chi connectivity index (χ2n) is 2.85. The average Bonchev–Trinajstić information content (AvgIpc) is 2.20. The number of guanidine groups is 1. The largest absolute Gasteiger partial charge is 0.352 e. The number of nitriles is 1. The van der Waals surface area contributed by atoms with E-state index in [-0.39, 0.29) is 0 Å². The number of primary amides is 1. The molecule has 15 heavy (non-hydrogen) atoms. The SMILES string of the molecule is N#C/N=C1\NCNCN1CCNC(N)=O. The van der Waals surface area contributed by atoms with E-state index in [9.17, 15) is 4.79 Å². The van der Waals surface area contributed by atoms with Gasteiger partial charge in [0.1, 0.15) is 0 Å². The molecule has 0 atom stereocenters. The van der Waals surface area contributed by atoms with Crippen LogP contribution in [-0.4, -0.2) is 43.3 Å². The Balaban J connectivity index is 2.40. The minimum absolute atomic E-state index is 0.406. The average molecular weight is 211 g/mol. The predicted molar refractivity (Wildman–Crippen MR) is 53.3 cm³/mol. The Labute approximate surface area is 87.1 Å². The van der Waals surface area contributed by atoms with Crippen LogP contribution >= 0.6 is 0 Å². The van der Waals surface area contributed by atoms with E-state index in [1.165, 1.54) is 0 Å². The molecule has 82 valence electrons. The zero-order valence-corrected chi connectivity index (χ0v) is 8.16. The summed E-state index contributed by atoms with van der Waals surface area (Å²) in [7, 11) is 0. The van der Waals surface area contributed by atoms with Gasteiger partial charge in [0.15, 0.2) is 0 Å². The van der Waals surface area contributed by atoms with E-state index in [0.29, 0.717) is 32.4 Å². The van der Waals surface area contributed by atoms with Gasteiger partial charge in [-0.1, -0.05) is 0 Å². The fourth-order valence-electron chi connectivity index (χ4n) is 1.18. The highest BCUT2D eigenvalue weighted by Gasteiger charge is 2.14. The minimum atomic E-state index is -0.563. The Morgan fingerprint density at radius 1 is 1.80 bits per heavy atom. The third kappa shape index (κ3) is 3.70. The van der Waals surface area contributed by atoms with Crippen molar-refractivity contribution in [3.63, 3.8) is 0 Å². The second kappa shape index (κ2) is 5.66. The molecule has 1 aliphatic rings. The van der Waals surface area contributed by atoms with Gasteiger partial charge < -0.3 is 21.3 Å². The second-order valence-corrected chi connectivity index (χ2v) is 2.85. The van der Waals surface area contributed by atoms with Gasteiger partial charge in [-0.3, -0.25) is 5.32 Å². The predicted octanol–water partition coefficient (Wildman–Crippen LogP) is -2.10. The van der Waals surface area contributed by atoms with Crippen LogP contribution in [-0.2, 0) is 0 Å². The molecule has 8 heteroatoms. The summed E-state index contributed by atoms with van der Waals surface area (Å²) in [5, 5.41) is 16.8. The summed E-state index contributed by atoms with van der Waals surface area (Å²) in [6.07, 6.45) is 1.71. The van der Waals surface area contributed by atoms with E-state index >= 15 is 0 Å². The summed E-state index contributed by atoms with van der Waals surface area (Å²) in [6.45, 7) is 2.08. The van der Waals surface area contributed by atoms with E-state index in [4.69, 9.17) is 11.0 Å². The molecule has 0 aromatic carbocycles. The summed E-state index contributed by atoms with van der Waals surface area (Å²) >= 11 is 0. The molecular formula is C7H13N7O. The minimum Gasteiger partial charge on any atom is -0.352 e. The zero-order chi connectivity index (χ0) is 11.1. The van der Waals surface area contributed by atoms with Gasteiger partial charge in [0, 0.05) is 13.1 Å². The molecule has 8 nitrogen and oxygen atoms in total. The molecule has 2 amide bonds. The number of nitrogens with zero attached hydrogens (tertiary/aromatic N) is 3. The van der Waals surface area contributed by atoms with Crippen molar-refractivity contribution in [2.24, 2.45) is 10.7 Å². The van der Waals surface area contributed by atoms with Gasteiger partial charge in [0.05, 0.1) is 13.3 Å². The maximum atomic E-state index is 10.4. The molecule has 1 fully saturated rings. The van der Waals surface area contributed by atoms with Crippen LogP contribution in [0.15, 0.2) is 4.99 Å². The zero-order valence-electron chi connectivity index (χ0n) is 8.16. The van der Waals surface area contributed by atoms with Crippen LogP contribution in [0.25, 0.3) is 0 Å². The van der Waals surface area contributed by atoms with Crippen LogP contribution in [0.1, 0.15) is 0 Å². The highest BCUT2D eigenvalue weighted by atomic mass is 16.2. The Morgan fingerprint density at radius 2 is 2.60 bits per heavy atom. The van der Waals surface area contributed by atoms with Crippen LogP contribution in [0, 0.1) is 11.5 Å². The summed E-state index contributed by atoms with van der Waals surface area (Å²) in [4.78, 5) is 15.8. The van der Waals surface area contributed by atoms with Gasteiger partial charge in [-0.05, 0) is 0 Å². The maximum Gasteiger partial charge on any atom is 0.312 e. The lowest BCUT2D eigenvalue weighted by molar-refractivity contribution is 0.246. The molecule has 0 aromatic heterocycles. The molecule has 0 aromatic rings. The fourth-order valence-corrected chi connectivity index (χ4v) is 1.18. The smallest absolute Gasteiger partial charge is 0.312 e. The van der Waals surface area contributed by atoms with Crippen LogP contribution < -0.4 is 21.7 Å². The van der Waals surface area contributed by atoms with Gasteiger partial charge >= 0.3 is 6.03 Å². The Hall–Kier alpha value is -2.01. The number of nitrogens with two attached hydrogens (primary N) is 1. The van der Waals surface area contributed by atoms with Gasteiger partial charge in [0.2, 0.25) is 12.2 Å². The lowest BCUT2D eigenvalue weighted by atomic mass is 10.5. The van der Waals surface area contributed by atoms with Crippen LogP contribution in [0.4, 0.5) is 4.79 Å². The molecule has 0 spiro atoms. The van der Waals surface area contributed by atoms with Gasteiger partial charge in [-0.15, -0.1) is 4.99 Å². The number of carbonyl (C=O) groups is 1. The fraction of sp³-hybridized carbons (Fsp3) is 0.571. The van der Waals surface area contributed by atoms with Crippen molar-refractivity contribution in [2.75, 3.05) is 26.4 Å². The monoisotopic (exact) mass is 211 g/mol. The topological polar surface area (TPSA) is 119 Å². The maximum absolute atomic E-state index is 10.4. The first kappa shape index (κ1) is 11.1. The van der Waals surface area contributed by atoms with Crippen molar-refractivity contribution in [1.82, 2.24) is 20.9 Å². The van der Waals surface area contributed by atoms with E-state index in [2.05, 4.69) is 20.9 Å². The lowest BCUT2D eigenvalue weighted by Gasteiger charge is -2.30. The number of hydrogen-bond acceptors (Lipinski definition) is 4. The normalized spacial score (nSPS) is 18.1. The molecule has 1 rings (SSSR count). The summed E-state index contributed by atoms with van der Waals surface area (Å²) in [5.74, 6) is 0.502. The Morgan fingerprint density at radius 3 is 3.27 bits per heavy atom. The summed E-state index contributed by atoms with van der Waals surface area (Å²) in [6, 6.07) is -0.563. The lowest BCUT2D eigenvalue weighted by Crippen LogP contribution is -2.56. The van der Waals surface area contributed by atoms with E-state index in [1.807, 2.05) is 0 Å². The third-order valence-corrected chi connectivity index (χ3v) is 1.81. The van der Waals surface area contributed by atoms with E-state index < -0.39 is 6.03 Å². The molecule has 5 N–H and O–H groups in total. The molecule has 1 aliphatic heterocycles. The molecule has 0 radical (unpaired) electrons. The van der Waals surface area contributed by atoms with Crippen molar-refractivity contribution < 1.29 is 4.79 Å². The summed E-state index contributed by atoms with van der Waals surface area (Å²) < 4.78 is 0. The van der Waals surface area contributed by atoms with Crippen LogP contribution in [0.2, 0.25) is 0 Å². The van der Waals surface area contributed by atoms with Crippen molar-refractivity contribution in [2.45, 2.75) is 0 Å². The molecule has 1 heterocycles. The van der Waals surface area contributed by atoms with Crippen LogP contribution in [0.3, 0.4) is 0 Å². The first-order valence-electron chi connectivity index (χ1n) is 4.43. The molecule has 0 unspecified atom stereocenters. The number of nitrogens with one attached hydrogen (secondary N) is 3. The number of rotatable bonds is 3. The van der Waals surface area contributed by atoms with Crippen molar-refractivity contribution in [3.8, 4) is 6.19 Å². The molecule has 0 aliphatic carbocycles. The molecule has 1 saturated heterocycles.